The van der Waals surface area contributed by atoms with E-state index < -0.39 is 13.1 Å². The van der Waals surface area contributed by atoms with Crippen molar-refractivity contribution in [1.82, 2.24) is 14.8 Å². The van der Waals surface area contributed by atoms with E-state index in [-0.39, 0.29) is 24.8 Å². The molecule has 1 aromatic rings. The minimum Gasteiger partial charge on any atom is -0.363 e. The molecule has 2 unspecified atom stereocenters. The third-order valence-electron chi connectivity index (χ3n) is 2.54. The van der Waals surface area contributed by atoms with Crippen LogP contribution >= 0.6 is 19.4 Å². The van der Waals surface area contributed by atoms with E-state index in [1.165, 1.54) is 11.0 Å². The molecular weight excluding hydrogens is 295 g/mol. The molecule has 0 aliphatic carbocycles. The third kappa shape index (κ3) is 4.10. The number of primary amides is 1. The van der Waals surface area contributed by atoms with Crippen molar-refractivity contribution in [3.05, 3.63) is 12.2 Å². The maximum atomic E-state index is 10.9. The number of amides is 1. The number of carbonyl (C=O) groups excluding carboxylic acids is 1. The molecule has 1 fully saturated rings. The van der Waals surface area contributed by atoms with E-state index in [2.05, 4.69) is 22.3 Å². The van der Waals surface area contributed by atoms with Crippen molar-refractivity contribution in [3.63, 3.8) is 0 Å². The smallest absolute Gasteiger partial charge is 0.363 e. The zero-order valence-corrected chi connectivity index (χ0v) is 11.6. The van der Waals surface area contributed by atoms with Crippen molar-refractivity contribution in [2.75, 3.05) is 6.61 Å². The number of hydrogen-bond donors (Lipinski definition) is 4. The minimum absolute atomic E-state index is 0.0259. The number of carbonyl (C=O) groups is 1. The van der Waals surface area contributed by atoms with E-state index in [1.54, 1.807) is 0 Å². The average molecular weight is 309 g/mol. The Hall–Kier alpha value is -0.770. The van der Waals surface area contributed by atoms with Crippen LogP contribution in [-0.2, 0) is 9.26 Å². The van der Waals surface area contributed by atoms with Crippen LogP contribution in [0.5, 0.6) is 0 Å². The van der Waals surface area contributed by atoms with Gasteiger partial charge in [0.1, 0.15) is 12.9 Å². The monoisotopic (exact) mass is 309 g/mol. The fourth-order valence-corrected chi connectivity index (χ4v) is 2.28. The molecule has 0 spiro atoms. The number of nitrogens with zero attached hydrogens (tertiary/aromatic N) is 3. The van der Waals surface area contributed by atoms with Gasteiger partial charge < -0.3 is 10.5 Å². The molecule has 2 atom stereocenters. The Kier molecular flexibility index (Phi) is 4.39. The fraction of sp³-hybridized carbons (Fsp3) is 0.625. The Balaban J connectivity index is 1.89. The van der Waals surface area contributed by atoms with Gasteiger partial charge in [-0.3, -0.25) is 4.79 Å². The summed E-state index contributed by atoms with van der Waals surface area (Å²) in [4.78, 5) is 32.6. The van der Waals surface area contributed by atoms with Crippen LogP contribution in [0.2, 0.25) is 0 Å². The van der Waals surface area contributed by atoms with Crippen molar-refractivity contribution >= 4 is 25.3 Å². The molecule has 1 amide bonds. The van der Waals surface area contributed by atoms with Gasteiger partial charge in [0.05, 0.1) is 18.4 Å². The largest absolute Gasteiger partial charge is 0.472 e. The van der Waals surface area contributed by atoms with Crippen molar-refractivity contribution < 1.29 is 23.8 Å². The summed E-state index contributed by atoms with van der Waals surface area (Å²) >= 11 is 3.51. The van der Waals surface area contributed by atoms with E-state index in [1.807, 2.05) is 0 Å². The summed E-state index contributed by atoms with van der Waals surface area (Å²) in [6, 6.07) is 0. The first-order chi connectivity index (χ1) is 8.85. The summed E-state index contributed by atoms with van der Waals surface area (Å²) in [7, 11) is -3.55. The second kappa shape index (κ2) is 5.70. The summed E-state index contributed by atoms with van der Waals surface area (Å²) in [5, 5.41) is 3.89. The van der Waals surface area contributed by atoms with Gasteiger partial charge in [0.25, 0.3) is 5.91 Å². The highest BCUT2D eigenvalue weighted by molar-refractivity contribution is 8.47. The van der Waals surface area contributed by atoms with Gasteiger partial charge in [-0.1, -0.05) is 0 Å². The zero-order chi connectivity index (χ0) is 14.0. The first-order valence-corrected chi connectivity index (χ1v) is 8.20. The number of aromatic nitrogens is 3. The first-order valence-electron chi connectivity index (χ1n) is 5.43. The van der Waals surface area contributed by atoms with Crippen molar-refractivity contribution in [2.45, 2.75) is 25.2 Å². The van der Waals surface area contributed by atoms with E-state index in [0.29, 0.717) is 12.8 Å². The average Bonchev–Trinajstić information content (AvgIpc) is 2.94. The maximum Gasteiger partial charge on any atom is 0.472 e. The Morgan fingerprint density at radius 2 is 2.42 bits per heavy atom. The van der Waals surface area contributed by atoms with E-state index in [9.17, 15) is 4.79 Å². The van der Waals surface area contributed by atoms with Crippen LogP contribution in [0.1, 0.15) is 29.7 Å². The lowest BCUT2D eigenvalue weighted by atomic mass is 10.2. The lowest BCUT2D eigenvalue weighted by molar-refractivity contribution is -0.0259. The summed E-state index contributed by atoms with van der Waals surface area (Å²) in [6.45, 7) is 0.0259. The Bertz CT molecular complexity index is 464. The molecule has 0 saturated carbocycles. The van der Waals surface area contributed by atoms with E-state index in [4.69, 9.17) is 24.8 Å². The van der Waals surface area contributed by atoms with Crippen molar-refractivity contribution in [3.8, 4) is 0 Å². The maximum absolute atomic E-state index is 10.9. The highest BCUT2D eigenvalue weighted by atomic mass is 32.7. The molecule has 1 aliphatic heterocycles. The van der Waals surface area contributed by atoms with Crippen LogP contribution in [0, 0.1) is 0 Å². The van der Waals surface area contributed by atoms with Crippen LogP contribution in [0.4, 0.5) is 0 Å². The molecule has 106 valence electrons. The topological polar surface area (TPSA) is 133 Å². The number of thiol groups is 1. The summed E-state index contributed by atoms with van der Waals surface area (Å²) in [5.74, 6) is -0.781. The van der Waals surface area contributed by atoms with Crippen LogP contribution in [0.25, 0.3) is 0 Å². The molecule has 11 heteroatoms. The molecule has 0 radical (unpaired) electrons. The quantitative estimate of drug-likeness (QED) is 0.432. The predicted octanol–water partition coefficient (Wildman–Crippen LogP) is -0.337. The minimum atomic E-state index is -3.55. The Morgan fingerprint density at radius 3 is 3.00 bits per heavy atom. The standard InChI is InChI=1S/C8H13N4O5PS/c9-7(13)8-10-4-12(11-8)6-2-1-5(17-6)3-16-18(14,15)19/h4-6,14-15,19H,1-3H2,(H-,9,13)/p+1. The number of hydrogen-bond acceptors (Lipinski definition) is 8. The predicted molar refractivity (Wildman–Crippen MR) is 68.0 cm³/mol. The number of nitrogens with two attached hydrogens (primary N) is 1. The normalized spacial score (nSPS) is 23.7. The number of rotatable bonds is 5. The summed E-state index contributed by atoms with van der Waals surface area (Å²) in [6.07, 6.45) is 1.99. The lowest BCUT2D eigenvalue weighted by Gasteiger charge is -2.13. The molecule has 1 aromatic heterocycles. The summed E-state index contributed by atoms with van der Waals surface area (Å²) < 4.78 is 11.8. The lowest BCUT2D eigenvalue weighted by Crippen LogP contribution is -2.18. The molecule has 0 aromatic carbocycles. The first kappa shape index (κ1) is 14.6. The second-order valence-corrected chi connectivity index (χ2v) is 6.86. The fourth-order valence-electron chi connectivity index (χ4n) is 1.71. The van der Waals surface area contributed by atoms with E-state index >= 15 is 0 Å². The molecular formula is C8H14N4O5PS+. The van der Waals surface area contributed by atoms with E-state index in [0.717, 1.165) is 0 Å². The third-order valence-corrected chi connectivity index (χ3v) is 3.38. The van der Waals surface area contributed by atoms with Gasteiger partial charge in [-0.25, -0.2) is 9.67 Å². The van der Waals surface area contributed by atoms with Crippen LogP contribution in [0.3, 0.4) is 0 Å². The van der Waals surface area contributed by atoms with Gasteiger partial charge in [-0.2, -0.15) is 14.3 Å². The molecule has 4 N–H and O–H groups in total. The van der Waals surface area contributed by atoms with Crippen LogP contribution < -0.4 is 5.73 Å². The molecule has 1 aliphatic rings. The van der Waals surface area contributed by atoms with Gasteiger partial charge in [0, 0.05) is 0 Å². The van der Waals surface area contributed by atoms with Gasteiger partial charge in [-0.05, 0) is 12.8 Å². The van der Waals surface area contributed by atoms with Crippen molar-refractivity contribution in [2.24, 2.45) is 5.73 Å². The van der Waals surface area contributed by atoms with Gasteiger partial charge in [0.15, 0.2) is 6.23 Å². The Morgan fingerprint density at radius 1 is 1.68 bits per heavy atom. The molecule has 19 heavy (non-hydrogen) atoms. The van der Waals surface area contributed by atoms with Gasteiger partial charge in [-0.15, -0.1) is 5.10 Å². The summed E-state index contributed by atoms with van der Waals surface area (Å²) in [5.41, 5.74) is 5.05. The highest BCUT2D eigenvalue weighted by Gasteiger charge is 2.35. The molecule has 2 rings (SSSR count). The Labute approximate surface area is 114 Å². The molecule has 0 bridgehead atoms. The van der Waals surface area contributed by atoms with Gasteiger partial charge in [0.2, 0.25) is 5.82 Å². The second-order valence-electron chi connectivity index (χ2n) is 4.01. The molecule has 9 nitrogen and oxygen atoms in total. The zero-order valence-electron chi connectivity index (χ0n) is 9.79. The molecule has 2 heterocycles. The van der Waals surface area contributed by atoms with Crippen LogP contribution in [-0.4, -0.2) is 43.2 Å². The highest BCUT2D eigenvalue weighted by Crippen LogP contribution is 2.56. The van der Waals surface area contributed by atoms with Gasteiger partial charge >= 0.3 is 7.15 Å². The van der Waals surface area contributed by atoms with Crippen molar-refractivity contribution in [1.29, 1.82) is 0 Å². The SMILES string of the molecule is NC(=O)c1ncn(C2CCC(CO[P+](O)(O)S)O2)n1. The number of ether oxygens (including phenoxy) is 1. The molecule has 1 saturated heterocycles. The van der Waals surface area contributed by atoms with Crippen LogP contribution in [0.15, 0.2) is 6.33 Å².